The monoisotopic (exact) mass is 320 g/mol. The van der Waals surface area contributed by atoms with Crippen LogP contribution in [0.2, 0.25) is 5.02 Å². The molecule has 4 heteroatoms. The number of hydrogen-bond acceptors (Lipinski definition) is 1. The number of carbonyl (C=O) groups is 1. The Morgan fingerprint density at radius 1 is 1.13 bits per heavy atom. The first-order valence-electron chi connectivity index (χ1n) is 4.10. The number of benzene rings is 2. The third-order valence-electron chi connectivity index (χ3n) is 2.07. The molecule has 0 radical (unpaired) electrons. The van der Waals surface area contributed by atoms with Gasteiger partial charge < -0.3 is 5.11 Å². The Morgan fingerprint density at radius 3 is 2.20 bits per heavy atom. The predicted octanol–water partition coefficient (Wildman–Crippen LogP) is 3.19. The van der Waals surface area contributed by atoms with Crippen LogP contribution in [0.1, 0.15) is 10.4 Å². The van der Waals surface area contributed by atoms with Crippen LogP contribution in [-0.4, -0.2) is 11.1 Å². The molecule has 2 rings (SSSR count). The Hall–Kier alpha value is -0.618. The van der Waals surface area contributed by atoms with E-state index in [1.165, 1.54) is 0 Å². The fourth-order valence-electron chi connectivity index (χ4n) is 1.38. The molecular formula is C11H7CdClO2. The molecule has 0 spiro atoms. The molecule has 0 saturated carbocycles. The minimum atomic E-state index is -0.999. The molecule has 0 aromatic heterocycles. The molecule has 15 heavy (non-hydrogen) atoms. The second kappa shape index (κ2) is 4.94. The first-order chi connectivity index (χ1) is 6.68. The van der Waals surface area contributed by atoms with Gasteiger partial charge >= 0.3 is 5.97 Å². The van der Waals surface area contributed by atoms with Crippen LogP contribution in [0.5, 0.6) is 0 Å². The molecule has 72 valence electrons. The van der Waals surface area contributed by atoms with Crippen molar-refractivity contribution < 1.29 is 37.2 Å². The smallest absolute Gasteiger partial charge is 0.337 e. The Morgan fingerprint density at radius 2 is 1.67 bits per heavy atom. The van der Waals surface area contributed by atoms with Gasteiger partial charge in [0.15, 0.2) is 0 Å². The van der Waals surface area contributed by atoms with E-state index in [4.69, 9.17) is 16.7 Å². The number of carboxylic acids is 1. The van der Waals surface area contributed by atoms with Gasteiger partial charge in [0.05, 0.1) is 10.6 Å². The molecule has 1 N–H and O–H groups in total. The van der Waals surface area contributed by atoms with Crippen LogP contribution < -0.4 is 0 Å². The van der Waals surface area contributed by atoms with Crippen molar-refractivity contribution in [2.24, 2.45) is 0 Å². The van der Waals surface area contributed by atoms with Crippen LogP contribution in [0.4, 0.5) is 0 Å². The maximum atomic E-state index is 10.8. The molecule has 2 aromatic rings. The maximum absolute atomic E-state index is 10.8. The molecule has 0 aliphatic carbocycles. The molecule has 0 bridgehead atoms. The second-order valence-corrected chi connectivity index (χ2v) is 3.39. The van der Waals surface area contributed by atoms with E-state index in [9.17, 15) is 4.79 Å². The van der Waals surface area contributed by atoms with Crippen molar-refractivity contribution in [2.45, 2.75) is 0 Å². The molecule has 2 aromatic carbocycles. The molecule has 0 aliphatic heterocycles. The molecule has 0 atom stereocenters. The quantitative estimate of drug-likeness (QED) is 0.820. The van der Waals surface area contributed by atoms with E-state index in [2.05, 4.69) is 0 Å². The fourth-order valence-corrected chi connectivity index (χ4v) is 1.63. The van der Waals surface area contributed by atoms with Gasteiger partial charge in [-0.15, -0.1) is 0 Å². The van der Waals surface area contributed by atoms with Crippen molar-refractivity contribution in [3.8, 4) is 0 Å². The van der Waals surface area contributed by atoms with E-state index in [1.807, 2.05) is 24.3 Å². The molecule has 0 fully saturated rings. The van der Waals surface area contributed by atoms with Crippen molar-refractivity contribution in [3.63, 3.8) is 0 Å². The zero-order valence-corrected chi connectivity index (χ0v) is 12.7. The first-order valence-corrected chi connectivity index (χ1v) is 4.48. The molecule has 0 saturated heterocycles. The Balaban J connectivity index is 0.00000112. The van der Waals surface area contributed by atoms with Crippen molar-refractivity contribution in [2.75, 3.05) is 0 Å². The Kier molecular flexibility index (Phi) is 4.10. The molecule has 0 aliphatic rings. The summed E-state index contributed by atoms with van der Waals surface area (Å²) in [5, 5.41) is 10.9. The van der Waals surface area contributed by atoms with Crippen LogP contribution in [-0.2, 0) is 27.3 Å². The van der Waals surface area contributed by atoms with E-state index in [-0.39, 0.29) is 37.9 Å². The van der Waals surface area contributed by atoms with Gasteiger partial charge in [0.25, 0.3) is 0 Å². The number of aromatic carboxylic acids is 1. The van der Waals surface area contributed by atoms with E-state index in [1.54, 1.807) is 12.1 Å². The van der Waals surface area contributed by atoms with E-state index in [0.29, 0.717) is 0 Å². The van der Waals surface area contributed by atoms with E-state index >= 15 is 0 Å². The standard InChI is InChI=1S/C11H7ClO2.Cd/c12-10-6-8-4-2-1-3-7(8)5-9(10)11(13)14;/h1-6H,(H,13,14);. The Bertz CT molecular complexity index is 511. The van der Waals surface area contributed by atoms with Gasteiger partial charge in [0.2, 0.25) is 0 Å². The van der Waals surface area contributed by atoms with Crippen LogP contribution in [0.25, 0.3) is 10.8 Å². The van der Waals surface area contributed by atoms with Crippen LogP contribution in [0.15, 0.2) is 36.4 Å². The third-order valence-corrected chi connectivity index (χ3v) is 2.38. The number of fused-ring (bicyclic) bond motifs is 1. The van der Waals surface area contributed by atoms with Gasteiger partial charge in [0, 0.05) is 27.3 Å². The number of hydrogen-bond donors (Lipinski definition) is 1. The van der Waals surface area contributed by atoms with Gasteiger partial charge in [-0.25, -0.2) is 4.79 Å². The summed E-state index contributed by atoms with van der Waals surface area (Å²) in [6, 6.07) is 10.8. The van der Waals surface area contributed by atoms with Gasteiger partial charge in [-0.3, -0.25) is 0 Å². The number of halogens is 1. The number of rotatable bonds is 1. The predicted molar refractivity (Wildman–Crippen MR) is 55.9 cm³/mol. The molecule has 0 amide bonds. The first kappa shape index (κ1) is 12.5. The van der Waals surface area contributed by atoms with Gasteiger partial charge in [-0.05, 0) is 22.9 Å². The van der Waals surface area contributed by atoms with E-state index < -0.39 is 5.97 Å². The summed E-state index contributed by atoms with van der Waals surface area (Å²) in [6.45, 7) is 0. The fraction of sp³-hybridized carbons (Fsp3) is 0. The molecule has 0 unspecified atom stereocenters. The largest absolute Gasteiger partial charge is 0.478 e. The second-order valence-electron chi connectivity index (χ2n) is 2.98. The average Bonchev–Trinajstić information content (AvgIpc) is 2.16. The van der Waals surface area contributed by atoms with Crippen molar-refractivity contribution in [1.29, 1.82) is 0 Å². The van der Waals surface area contributed by atoms with Gasteiger partial charge in [0.1, 0.15) is 0 Å². The third kappa shape index (κ3) is 2.49. The van der Waals surface area contributed by atoms with Crippen molar-refractivity contribution in [3.05, 3.63) is 47.0 Å². The topological polar surface area (TPSA) is 37.3 Å². The normalized spacial score (nSPS) is 9.67. The van der Waals surface area contributed by atoms with Crippen LogP contribution >= 0.6 is 11.6 Å². The van der Waals surface area contributed by atoms with Crippen LogP contribution in [0.3, 0.4) is 0 Å². The summed E-state index contributed by atoms with van der Waals surface area (Å²) in [5.41, 5.74) is 0.144. The van der Waals surface area contributed by atoms with Gasteiger partial charge in [-0.1, -0.05) is 35.9 Å². The molecule has 2 nitrogen and oxygen atoms in total. The molecule has 0 heterocycles. The number of carboxylic acid groups (broad SMARTS) is 1. The summed E-state index contributed by atoms with van der Waals surface area (Å²) in [7, 11) is 0. The minimum Gasteiger partial charge on any atom is -0.478 e. The molecular weight excluding hydrogens is 312 g/mol. The van der Waals surface area contributed by atoms with Crippen molar-refractivity contribution in [1.82, 2.24) is 0 Å². The SMILES string of the molecule is O=C(O)c1cc2ccccc2cc1Cl.[Cd]. The van der Waals surface area contributed by atoms with Gasteiger partial charge in [-0.2, -0.15) is 0 Å². The zero-order valence-electron chi connectivity index (χ0n) is 7.90. The Labute approximate surface area is 112 Å². The van der Waals surface area contributed by atoms with Crippen LogP contribution in [0, 0.1) is 0 Å². The average molecular weight is 319 g/mol. The zero-order chi connectivity index (χ0) is 10.1. The van der Waals surface area contributed by atoms with E-state index in [0.717, 1.165) is 10.8 Å². The summed E-state index contributed by atoms with van der Waals surface area (Å²) < 4.78 is 0. The maximum Gasteiger partial charge on any atom is 0.337 e. The summed E-state index contributed by atoms with van der Waals surface area (Å²) in [5.74, 6) is -0.999. The summed E-state index contributed by atoms with van der Waals surface area (Å²) in [4.78, 5) is 10.8. The summed E-state index contributed by atoms with van der Waals surface area (Å²) >= 11 is 5.82. The minimum absolute atomic E-state index is 0. The van der Waals surface area contributed by atoms with Crippen molar-refractivity contribution >= 4 is 28.3 Å². The summed E-state index contributed by atoms with van der Waals surface area (Å²) in [6.07, 6.45) is 0.